The van der Waals surface area contributed by atoms with Gasteiger partial charge in [0.25, 0.3) is 0 Å². The quantitative estimate of drug-likeness (QED) is 0.732. The summed E-state index contributed by atoms with van der Waals surface area (Å²) in [6.45, 7) is 5.64. The first kappa shape index (κ1) is 19.5. The molecule has 0 aromatic carbocycles. The average Bonchev–Trinajstić information content (AvgIpc) is 2.85. The molecule has 152 valence electrons. The first-order chi connectivity index (χ1) is 13.0. The van der Waals surface area contributed by atoms with Crippen LogP contribution in [0.2, 0.25) is 0 Å². The van der Waals surface area contributed by atoms with Crippen LogP contribution in [0, 0.1) is 40.4 Å². The van der Waals surface area contributed by atoms with Gasteiger partial charge in [0.15, 0.2) is 5.78 Å². The van der Waals surface area contributed by atoms with E-state index in [1.807, 2.05) is 20.8 Å². The van der Waals surface area contributed by atoms with Gasteiger partial charge in [0, 0.05) is 30.1 Å². The number of hydrogen-bond acceptors (Lipinski definition) is 4. The highest BCUT2D eigenvalue weighted by atomic mass is 19.1. The molecule has 4 aliphatic rings. The number of carbonyl (C=O) groups excluding carboxylic acids is 3. The van der Waals surface area contributed by atoms with Gasteiger partial charge < -0.3 is 5.11 Å². The van der Waals surface area contributed by atoms with E-state index in [0.29, 0.717) is 24.8 Å². The van der Waals surface area contributed by atoms with Crippen LogP contribution in [0.15, 0.2) is 11.6 Å². The van der Waals surface area contributed by atoms with Gasteiger partial charge in [-0.05, 0) is 54.1 Å². The van der Waals surface area contributed by atoms with E-state index in [4.69, 9.17) is 0 Å². The second-order valence-corrected chi connectivity index (χ2v) is 9.94. The average molecular weight is 390 g/mol. The smallest absolute Gasteiger partial charge is 0.372 e. The standard InChI is InChI=1S/C22H27FO5/c1-10-6-13-12-8-15(23)14-7-11(24)4-5-21(14,2)18(12)16(25)9-22(13,3)17(10)19(26)20(27)28/h7,10,12-13,15,17-18H,4-6,8-9H2,1-3H3,(H,27,28)/t10-,12+,13+,15+,17-,18-,21+,22+/m1/s1. The van der Waals surface area contributed by atoms with Crippen molar-refractivity contribution in [2.24, 2.45) is 40.4 Å². The van der Waals surface area contributed by atoms with Crippen LogP contribution in [0.1, 0.15) is 52.9 Å². The van der Waals surface area contributed by atoms with E-state index in [1.165, 1.54) is 6.08 Å². The van der Waals surface area contributed by atoms with E-state index in [2.05, 4.69) is 0 Å². The summed E-state index contributed by atoms with van der Waals surface area (Å²) in [5.41, 5.74) is -0.937. The maximum absolute atomic E-state index is 15.2. The summed E-state index contributed by atoms with van der Waals surface area (Å²) in [7, 11) is 0. The van der Waals surface area contributed by atoms with Crippen LogP contribution in [0.5, 0.6) is 0 Å². The summed E-state index contributed by atoms with van der Waals surface area (Å²) >= 11 is 0. The van der Waals surface area contributed by atoms with Gasteiger partial charge in [-0.2, -0.15) is 0 Å². The Bertz CT molecular complexity index is 816. The van der Waals surface area contributed by atoms with Crippen LogP contribution in [0.4, 0.5) is 4.39 Å². The molecule has 0 radical (unpaired) electrons. The van der Waals surface area contributed by atoms with Crippen LogP contribution in [0.25, 0.3) is 0 Å². The highest BCUT2D eigenvalue weighted by Crippen LogP contribution is 2.67. The molecule has 0 heterocycles. The second-order valence-electron chi connectivity index (χ2n) is 9.94. The van der Waals surface area contributed by atoms with E-state index >= 15 is 4.39 Å². The lowest BCUT2D eigenvalue weighted by atomic mass is 9.46. The first-order valence-electron chi connectivity index (χ1n) is 10.2. The summed E-state index contributed by atoms with van der Waals surface area (Å²) < 4.78 is 15.2. The minimum absolute atomic E-state index is 0.00399. The lowest BCUT2D eigenvalue weighted by Crippen LogP contribution is -2.57. The Balaban J connectivity index is 1.78. The van der Waals surface area contributed by atoms with E-state index in [-0.39, 0.29) is 48.1 Å². The van der Waals surface area contributed by atoms with E-state index < -0.39 is 34.7 Å². The second kappa shape index (κ2) is 6.07. The van der Waals surface area contributed by atoms with Crippen LogP contribution < -0.4 is 0 Å². The zero-order valence-corrected chi connectivity index (χ0v) is 16.5. The SMILES string of the molecule is C[C@@H]1C[C@H]2[C@@H]3C[C@H](F)C4=CC(=O)CC[C@]4(C)[C@H]3C(=O)C[C@]2(C)[C@H]1C(=O)C(=O)O. The molecule has 3 saturated carbocycles. The molecule has 0 saturated heterocycles. The van der Waals surface area contributed by atoms with Gasteiger partial charge in [-0.25, -0.2) is 9.18 Å². The van der Waals surface area contributed by atoms with Crippen molar-refractivity contribution in [1.82, 2.24) is 0 Å². The van der Waals surface area contributed by atoms with Crippen molar-refractivity contribution in [2.75, 3.05) is 0 Å². The van der Waals surface area contributed by atoms with Crippen molar-refractivity contribution in [3.63, 3.8) is 0 Å². The van der Waals surface area contributed by atoms with Crippen LogP contribution in [-0.4, -0.2) is 34.6 Å². The number of carbonyl (C=O) groups is 4. The number of aliphatic carboxylic acids is 1. The Morgan fingerprint density at radius 2 is 1.89 bits per heavy atom. The van der Waals surface area contributed by atoms with E-state index in [0.717, 1.165) is 0 Å². The summed E-state index contributed by atoms with van der Waals surface area (Å²) in [5.74, 6) is -3.87. The third-order valence-corrected chi connectivity index (χ3v) is 8.46. The maximum atomic E-state index is 15.2. The number of Topliss-reactive ketones (excluding diaryl/α,β-unsaturated/α-hetero) is 2. The molecule has 4 rings (SSSR count). The van der Waals surface area contributed by atoms with Crippen molar-refractivity contribution in [2.45, 2.75) is 59.0 Å². The van der Waals surface area contributed by atoms with Gasteiger partial charge in [-0.1, -0.05) is 20.8 Å². The Morgan fingerprint density at radius 3 is 2.54 bits per heavy atom. The molecule has 8 atom stereocenters. The first-order valence-corrected chi connectivity index (χ1v) is 10.2. The molecule has 0 aromatic rings. The molecule has 0 unspecified atom stereocenters. The number of fused-ring (bicyclic) bond motifs is 5. The van der Waals surface area contributed by atoms with Crippen LogP contribution in [-0.2, 0) is 19.2 Å². The van der Waals surface area contributed by atoms with Crippen molar-refractivity contribution < 1.29 is 28.7 Å². The number of carboxylic acid groups (broad SMARTS) is 1. The van der Waals surface area contributed by atoms with Gasteiger partial charge >= 0.3 is 5.97 Å². The molecule has 0 bridgehead atoms. The normalized spacial score (nSPS) is 47.6. The van der Waals surface area contributed by atoms with Crippen molar-refractivity contribution in [1.29, 1.82) is 0 Å². The fraction of sp³-hybridized carbons (Fsp3) is 0.727. The highest BCUT2D eigenvalue weighted by molar-refractivity contribution is 6.33. The number of alkyl halides is 1. The zero-order chi connectivity index (χ0) is 20.6. The predicted molar refractivity (Wildman–Crippen MR) is 98.1 cm³/mol. The summed E-state index contributed by atoms with van der Waals surface area (Å²) in [6.07, 6.45) is 1.90. The molecule has 4 aliphatic carbocycles. The highest BCUT2D eigenvalue weighted by Gasteiger charge is 2.66. The molecule has 0 aliphatic heterocycles. The van der Waals surface area contributed by atoms with Crippen molar-refractivity contribution in [3.05, 3.63) is 11.6 Å². The molecular weight excluding hydrogens is 363 g/mol. The van der Waals surface area contributed by atoms with Gasteiger partial charge in [-0.15, -0.1) is 0 Å². The molecular formula is C22H27FO5. The number of rotatable bonds is 2. The van der Waals surface area contributed by atoms with Crippen LogP contribution in [0.3, 0.4) is 0 Å². The van der Waals surface area contributed by atoms with Crippen LogP contribution >= 0.6 is 0 Å². The number of allylic oxidation sites excluding steroid dienone is 1. The molecule has 28 heavy (non-hydrogen) atoms. The Kier molecular flexibility index (Phi) is 4.22. The van der Waals surface area contributed by atoms with Gasteiger partial charge in [0.2, 0.25) is 5.78 Å². The van der Waals surface area contributed by atoms with Gasteiger partial charge in [-0.3, -0.25) is 14.4 Å². The monoisotopic (exact) mass is 390 g/mol. The lowest BCUT2D eigenvalue weighted by molar-refractivity contribution is -0.158. The largest absolute Gasteiger partial charge is 0.475 e. The summed E-state index contributed by atoms with van der Waals surface area (Å²) in [5, 5.41) is 9.29. The third kappa shape index (κ3) is 2.42. The molecule has 5 nitrogen and oxygen atoms in total. The topological polar surface area (TPSA) is 88.5 Å². The predicted octanol–water partition coefficient (Wildman–Crippen LogP) is 3.16. The summed E-state index contributed by atoms with van der Waals surface area (Å²) in [6, 6.07) is 0. The Labute approximate surface area is 163 Å². The Morgan fingerprint density at radius 1 is 1.21 bits per heavy atom. The molecule has 6 heteroatoms. The number of halogens is 1. The third-order valence-electron chi connectivity index (χ3n) is 8.46. The molecule has 0 aromatic heterocycles. The van der Waals surface area contributed by atoms with E-state index in [1.54, 1.807) is 0 Å². The number of carboxylic acids is 1. The van der Waals surface area contributed by atoms with E-state index in [9.17, 15) is 24.3 Å². The number of ketones is 3. The molecule has 0 amide bonds. The number of hydrogen-bond donors (Lipinski definition) is 1. The van der Waals surface area contributed by atoms with Crippen molar-refractivity contribution >= 4 is 23.3 Å². The lowest BCUT2D eigenvalue weighted by Gasteiger charge is -2.57. The fourth-order valence-corrected chi connectivity index (χ4v) is 7.45. The van der Waals surface area contributed by atoms with Gasteiger partial charge in [0.1, 0.15) is 12.0 Å². The minimum Gasteiger partial charge on any atom is -0.475 e. The minimum atomic E-state index is -1.46. The molecule has 3 fully saturated rings. The summed E-state index contributed by atoms with van der Waals surface area (Å²) in [4.78, 5) is 49.1. The van der Waals surface area contributed by atoms with Crippen molar-refractivity contribution in [3.8, 4) is 0 Å². The van der Waals surface area contributed by atoms with Gasteiger partial charge in [0.05, 0.1) is 0 Å². The molecule has 0 spiro atoms. The zero-order valence-electron chi connectivity index (χ0n) is 16.5. The Hall–Kier alpha value is -1.85. The maximum Gasteiger partial charge on any atom is 0.372 e. The molecule has 1 N–H and O–H groups in total. The fourth-order valence-electron chi connectivity index (χ4n) is 7.45.